The minimum Gasteiger partial charge on any atom is -0.492 e. The summed E-state index contributed by atoms with van der Waals surface area (Å²) < 4.78 is 5.48. The summed E-state index contributed by atoms with van der Waals surface area (Å²) in [7, 11) is 0. The summed E-state index contributed by atoms with van der Waals surface area (Å²) in [5.74, 6) is 0.721. The molecule has 0 bridgehead atoms. The van der Waals surface area contributed by atoms with Gasteiger partial charge in [-0.3, -0.25) is 4.98 Å². The van der Waals surface area contributed by atoms with Crippen molar-refractivity contribution in [1.82, 2.24) is 4.98 Å². The van der Waals surface area contributed by atoms with E-state index in [2.05, 4.69) is 17.2 Å². The minimum atomic E-state index is 0.608. The van der Waals surface area contributed by atoms with Gasteiger partial charge in [-0.05, 0) is 43.2 Å². The summed E-state index contributed by atoms with van der Waals surface area (Å²) in [6, 6.07) is 7.75. The lowest BCUT2D eigenvalue weighted by molar-refractivity contribution is 0.342. The third-order valence-electron chi connectivity index (χ3n) is 2.93. The summed E-state index contributed by atoms with van der Waals surface area (Å²) >= 11 is 0. The number of nitrogen functional groups attached to an aromatic ring is 1. The third-order valence-corrected chi connectivity index (χ3v) is 2.93. The second-order valence-electron chi connectivity index (χ2n) is 4.34. The normalized spacial score (nSPS) is 10.2. The zero-order valence-corrected chi connectivity index (χ0v) is 11.3. The van der Waals surface area contributed by atoms with E-state index in [0.29, 0.717) is 12.3 Å². The minimum absolute atomic E-state index is 0.608. The predicted molar refractivity (Wildman–Crippen MR) is 78.3 cm³/mol. The molecule has 0 aliphatic rings. The Morgan fingerprint density at radius 3 is 2.89 bits per heavy atom. The van der Waals surface area contributed by atoms with Crippen molar-refractivity contribution in [3.05, 3.63) is 47.8 Å². The number of anilines is 2. The average Bonchev–Trinajstić information content (AvgIpc) is 2.41. The Kier molecular flexibility index (Phi) is 4.23. The lowest BCUT2D eigenvalue weighted by Crippen LogP contribution is -2.03. The number of aryl methyl sites for hydroxylation is 1. The van der Waals surface area contributed by atoms with Gasteiger partial charge < -0.3 is 15.8 Å². The molecule has 0 aliphatic carbocycles. The Morgan fingerprint density at radius 1 is 1.32 bits per heavy atom. The molecule has 0 unspecified atom stereocenters. The fourth-order valence-electron chi connectivity index (χ4n) is 1.82. The molecule has 1 aromatic carbocycles. The third kappa shape index (κ3) is 3.37. The van der Waals surface area contributed by atoms with Crippen molar-refractivity contribution in [2.75, 3.05) is 17.7 Å². The number of ether oxygens (including phenoxy) is 1. The number of rotatable bonds is 5. The van der Waals surface area contributed by atoms with Crippen LogP contribution in [0.1, 0.15) is 18.1 Å². The van der Waals surface area contributed by atoms with E-state index < -0.39 is 0 Å². The molecule has 3 N–H and O–H groups in total. The van der Waals surface area contributed by atoms with E-state index in [4.69, 9.17) is 10.5 Å². The number of pyridine rings is 1. The highest BCUT2D eigenvalue weighted by Gasteiger charge is 2.02. The number of hydrogen-bond acceptors (Lipinski definition) is 4. The zero-order valence-electron chi connectivity index (χ0n) is 11.3. The molecule has 0 spiro atoms. The van der Waals surface area contributed by atoms with Crippen LogP contribution in [0.4, 0.5) is 11.4 Å². The molecule has 0 saturated heterocycles. The van der Waals surface area contributed by atoms with Crippen LogP contribution >= 0.6 is 0 Å². The highest BCUT2D eigenvalue weighted by Crippen LogP contribution is 2.25. The van der Waals surface area contributed by atoms with Gasteiger partial charge in [0.15, 0.2) is 0 Å². The van der Waals surface area contributed by atoms with Gasteiger partial charge in [0.1, 0.15) is 5.75 Å². The summed E-state index contributed by atoms with van der Waals surface area (Å²) in [4.78, 5) is 4.09. The van der Waals surface area contributed by atoms with Crippen LogP contribution in [-0.4, -0.2) is 11.6 Å². The fourth-order valence-corrected chi connectivity index (χ4v) is 1.82. The number of benzene rings is 1. The first-order chi connectivity index (χ1) is 9.20. The Hall–Kier alpha value is -2.23. The number of nitrogens with one attached hydrogen (secondary N) is 1. The number of nitrogens with two attached hydrogens (primary N) is 1. The Labute approximate surface area is 113 Å². The molecule has 4 nitrogen and oxygen atoms in total. The molecule has 1 heterocycles. The highest BCUT2D eigenvalue weighted by atomic mass is 16.5. The van der Waals surface area contributed by atoms with E-state index in [1.165, 1.54) is 11.1 Å². The smallest absolute Gasteiger partial charge is 0.144 e. The first kappa shape index (κ1) is 13.2. The highest BCUT2D eigenvalue weighted by molar-refractivity contribution is 5.61. The van der Waals surface area contributed by atoms with Crippen LogP contribution in [0.3, 0.4) is 0 Å². The number of aromatic nitrogens is 1. The van der Waals surface area contributed by atoms with Crippen molar-refractivity contribution in [2.45, 2.75) is 20.4 Å². The largest absolute Gasteiger partial charge is 0.492 e. The van der Waals surface area contributed by atoms with Crippen molar-refractivity contribution in [1.29, 1.82) is 0 Å². The maximum atomic E-state index is 5.85. The van der Waals surface area contributed by atoms with Crippen LogP contribution in [-0.2, 0) is 6.54 Å². The first-order valence-corrected chi connectivity index (χ1v) is 6.36. The molecule has 19 heavy (non-hydrogen) atoms. The predicted octanol–water partition coefficient (Wildman–Crippen LogP) is 2.98. The van der Waals surface area contributed by atoms with Crippen LogP contribution in [0, 0.1) is 6.92 Å². The van der Waals surface area contributed by atoms with Crippen molar-refractivity contribution in [2.24, 2.45) is 0 Å². The molecule has 1 aromatic heterocycles. The van der Waals surface area contributed by atoms with Crippen LogP contribution in [0.5, 0.6) is 5.75 Å². The van der Waals surface area contributed by atoms with Gasteiger partial charge in [-0.2, -0.15) is 0 Å². The van der Waals surface area contributed by atoms with E-state index in [-0.39, 0.29) is 0 Å². The topological polar surface area (TPSA) is 60.2 Å². The molecule has 2 aromatic rings. The molecule has 0 fully saturated rings. The molecule has 4 heteroatoms. The maximum Gasteiger partial charge on any atom is 0.144 e. The van der Waals surface area contributed by atoms with E-state index in [0.717, 1.165) is 18.0 Å². The molecular formula is C15H19N3O. The van der Waals surface area contributed by atoms with E-state index in [9.17, 15) is 0 Å². The van der Waals surface area contributed by atoms with Gasteiger partial charge in [0, 0.05) is 30.7 Å². The Bertz CT molecular complexity index is 555. The Morgan fingerprint density at radius 2 is 2.16 bits per heavy atom. The van der Waals surface area contributed by atoms with Crippen LogP contribution in [0.2, 0.25) is 0 Å². The zero-order chi connectivity index (χ0) is 13.7. The van der Waals surface area contributed by atoms with E-state index in [1.807, 2.05) is 37.4 Å². The Balaban J connectivity index is 2.07. The van der Waals surface area contributed by atoms with Crippen molar-refractivity contribution < 1.29 is 4.74 Å². The van der Waals surface area contributed by atoms with Gasteiger partial charge in [-0.15, -0.1) is 0 Å². The van der Waals surface area contributed by atoms with Gasteiger partial charge in [0.25, 0.3) is 0 Å². The van der Waals surface area contributed by atoms with Gasteiger partial charge >= 0.3 is 0 Å². The summed E-state index contributed by atoms with van der Waals surface area (Å²) in [5, 5.41) is 3.36. The van der Waals surface area contributed by atoms with Gasteiger partial charge in [0.05, 0.1) is 12.3 Å². The average molecular weight is 257 g/mol. The lowest BCUT2D eigenvalue weighted by atomic mass is 10.1. The molecule has 0 saturated carbocycles. The molecular weight excluding hydrogens is 238 g/mol. The fraction of sp³-hybridized carbons (Fsp3) is 0.267. The number of nitrogens with zero attached hydrogens (tertiary/aromatic N) is 1. The molecule has 0 radical (unpaired) electrons. The molecule has 0 atom stereocenters. The molecule has 100 valence electrons. The van der Waals surface area contributed by atoms with Crippen LogP contribution in [0.25, 0.3) is 0 Å². The summed E-state index contributed by atoms with van der Waals surface area (Å²) in [6.07, 6.45) is 3.67. The van der Waals surface area contributed by atoms with Gasteiger partial charge in [0.2, 0.25) is 0 Å². The van der Waals surface area contributed by atoms with Crippen molar-refractivity contribution >= 4 is 11.4 Å². The second-order valence-corrected chi connectivity index (χ2v) is 4.34. The van der Waals surface area contributed by atoms with Crippen molar-refractivity contribution in [3.63, 3.8) is 0 Å². The summed E-state index contributed by atoms with van der Waals surface area (Å²) in [6.45, 7) is 5.36. The van der Waals surface area contributed by atoms with E-state index in [1.54, 1.807) is 6.20 Å². The van der Waals surface area contributed by atoms with Crippen LogP contribution < -0.4 is 15.8 Å². The van der Waals surface area contributed by atoms with Crippen LogP contribution in [0.15, 0.2) is 36.7 Å². The van der Waals surface area contributed by atoms with Gasteiger partial charge in [-0.25, -0.2) is 0 Å². The van der Waals surface area contributed by atoms with Gasteiger partial charge in [-0.1, -0.05) is 0 Å². The summed E-state index contributed by atoms with van der Waals surface area (Å²) in [5.41, 5.74) is 9.90. The second kappa shape index (κ2) is 6.09. The van der Waals surface area contributed by atoms with E-state index >= 15 is 0 Å². The standard InChI is InChI=1S/C15H19N3O/c1-3-19-15-8-13(4-5-14(15)16)18-10-12-6-7-17-9-11(12)2/h4-9,18H,3,10,16H2,1-2H3. The maximum absolute atomic E-state index is 5.85. The first-order valence-electron chi connectivity index (χ1n) is 6.36. The quantitative estimate of drug-likeness (QED) is 0.808. The molecule has 0 amide bonds. The molecule has 2 rings (SSSR count). The number of hydrogen-bond donors (Lipinski definition) is 2. The SMILES string of the molecule is CCOc1cc(NCc2ccncc2C)ccc1N. The molecule has 0 aliphatic heterocycles. The monoisotopic (exact) mass is 257 g/mol. The van der Waals surface area contributed by atoms with Crippen molar-refractivity contribution in [3.8, 4) is 5.75 Å². The lowest BCUT2D eigenvalue weighted by Gasteiger charge is -2.12.